The summed E-state index contributed by atoms with van der Waals surface area (Å²) in [5.41, 5.74) is 8.29. The summed E-state index contributed by atoms with van der Waals surface area (Å²) in [6.07, 6.45) is 9.04. The van der Waals surface area contributed by atoms with E-state index in [1.165, 1.54) is 0 Å². The monoisotopic (exact) mass is 412 g/mol. The summed E-state index contributed by atoms with van der Waals surface area (Å²) in [5.74, 6) is -0.589. The molecule has 0 radical (unpaired) electrons. The molecular formula is C21H28N6O3. The van der Waals surface area contributed by atoms with Crippen LogP contribution in [0.5, 0.6) is 0 Å². The molecule has 2 fully saturated rings. The predicted octanol–water partition coefficient (Wildman–Crippen LogP) is 1.38. The van der Waals surface area contributed by atoms with E-state index in [0.29, 0.717) is 30.8 Å². The molecule has 4 N–H and O–H groups in total. The van der Waals surface area contributed by atoms with Crippen molar-refractivity contribution in [3.63, 3.8) is 0 Å². The summed E-state index contributed by atoms with van der Waals surface area (Å²) < 4.78 is 1.68. The lowest BCUT2D eigenvalue weighted by Gasteiger charge is -2.30. The number of aromatic nitrogens is 3. The van der Waals surface area contributed by atoms with Gasteiger partial charge in [0.15, 0.2) is 0 Å². The van der Waals surface area contributed by atoms with Crippen LogP contribution < -0.4 is 11.1 Å². The Balaban J connectivity index is 1.47. The van der Waals surface area contributed by atoms with Gasteiger partial charge in [-0.3, -0.25) is 14.5 Å². The van der Waals surface area contributed by atoms with Gasteiger partial charge in [-0.05, 0) is 25.3 Å². The Morgan fingerprint density at radius 1 is 1.20 bits per heavy atom. The Hall–Kier alpha value is -2.94. The van der Waals surface area contributed by atoms with Gasteiger partial charge < -0.3 is 21.1 Å². The maximum atomic E-state index is 12.7. The zero-order valence-corrected chi connectivity index (χ0v) is 17.1. The summed E-state index contributed by atoms with van der Waals surface area (Å²) in [4.78, 5) is 31.1. The van der Waals surface area contributed by atoms with Gasteiger partial charge in [0.25, 0.3) is 5.91 Å². The summed E-state index contributed by atoms with van der Waals surface area (Å²) in [7, 11) is 1.82. The van der Waals surface area contributed by atoms with Crippen LogP contribution in [0.2, 0.25) is 0 Å². The summed E-state index contributed by atoms with van der Waals surface area (Å²) in [5, 5.41) is 17.2. The number of hydrogen-bond donors (Lipinski definition) is 3. The molecule has 0 spiro atoms. The van der Waals surface area contributed by atoms with Crippen LogP contribution in [0.4, 0.5) is 4.79 Å². The molecule has 4 rings (SSSR count). The second-order valence-electron chi connectivity index (χ2n) is 8.26. The Morgan fingerprint density at radius 2 is 2.00 bits per heavy atom. The number of nitrogens with zero attached hydrogens (tertiary/aromatic N) is 4. The van der Waals surface area contributed by atoms with Gasteiger partial charge in [0, 0.05) is 49.6 Å². The third kappa shape index (κ3) is 4.16. The van der Waals surface area contributed by atoms with E-state index in [9.17, 15) is 14.7 Å². The van der Waals surface area contributed by atoms with Crippen molar-refractivity contribution in [2.24, 2.45) is 12.8 Å². The van der Waals surface area contributed by atoms with Crippen molar-refractivity contribution < 1.29 is 14.7 Å². The predicted molar refractivity (Wildman–Crippen MR) is 111 cm³/mol. The normalized spacial score (nSPS) is 24.1. The number of pyridine rings is 1. The Bertz CT molecular complexity index is 943. The molecule has 9 heteroatoms. The molecule has 0 unspecified atom stereocenters. The van der Waals surface area contributed by atoms with E-state index >= 15 is 0 Å². The molecule has 2 aromatic rings. The minimum Gasteiger partial charge on any atom is -0.391 e. The highest BCUT2D eigenvalue weighted by molar-refractivity contribution is 5.95. The van der Waals surface area contributed by atoms with Crippen molar-refractivity contribution in [2.75, 3.05) is 13.1 Å². The fourth-order valence-electron chi connectivity index (χ4n) is 4.42. The average Bonchev–Trinajstić information content (AvgIpc) is 3.38. The molecule has 0 bridgehead atoms. The lowest BCUT2D eigenvalue weighted by molar-refractivity contribution is 0.0908. The van der Waals surface area contributed by atoms with Crippen LogP contribution in [0.25, 0.3) is 11.1 Å². The maximum absolute atomic E-state index is 12.7. The fourth-order valence-corrected chi connectivity index (χ4v) is 4.42. The number of hydrogen-bond acceptors (Lipinski definition) is 5. The zero-order chi connectivity index (χ0) is 21.3. The second kappa shape index (κ2) is 8.43. The van der Waals surface area contributed by atoms with Crippen LogP contribution in [-0.2, 0) is 7.05 Å². The lowest BCUT2D eigenvalue weighted by atomic mass is 9.93. The quantitative estimate of drug-likeness (QED) is 0.699. The van der Waals surface area contributed by atoms with Crippen molar-refractivity contribution in [1.82, 2.24) is 25.0 Å². The maximum Gasteiger partial charge on any atom is 0.317 e. The smallest absolute Gasteiger partial charge is 0.317 e. The van der Waals surface area contributed by atoms with Crippen LogP contribution in [0.3, 0.4) is 0 Å². The highest BCUT2D eigenvalue weighted by Gasteiger charge is 2.33. The summed E-state index contributed by atoms with van der Waals surface area (Å²) >= 11 is 0. The first kappa shape index (κ1) is 20.3. The number of aliphatic hydroxyl groups excluding tert-OH is 1. The van der Waals surface area contributed by atoms with Crippen molar-refractivity contribution >= 4 is 11.9 Å². The molecular weight excluding hydrogens is 384 g/mol. The van der Waals surface area contributed by atoms with E-state index in [-0.39, 0.29) is 18.0 Å². The van der Waals surface area contributed by atoms with Gasteiger partial charge in [-0.15, -0.1) is 0 Å². The van der Waals surface area contributed by atoms with Crippen LogP contribution >= 0.6 is 0 Å². The molecule has 160 valence electrons. The summed E-state index contributed by atoms with van der Waals surface area (Å²) in [6.45, 7) is 1.04. The first-order valence-corrected chi connectivity index (χ1v) is 10.4. The van der Waals surface area contributed by atoms with Gasteiger partial charge in [0.1, 0.15) is 0 Å². The highest BCUT2D eigenvalue weighted by atomic mass is 16.3. The molecule has 3 atom stereocenters. The number of amides is 3. The molecule has 1 saturated carbocycles. The lowest BCUT2D eigenvalue weighted by Crippen LogP contribution is -2.49. The minimum atomic E-state index is -0.531. The minimum absolute atomic E-state index is 0.0579. The third-order valence-electron chi connectivity index (χ3n) is 6.12. The standard InChI is InChI=1S/C21H28N6O3/c1-26-11-15(10-24-26)14-8-16(20(22)29)19(23-9-14)13-6-7-27(12-13)21(30)25-17-4-2-3-5-18(17)28/h8-11,13,17-18,28H,2-7,12H2,1H3,(H2,22,29)(H,25,30)/t13-,17-,18-/m1/s1. The highest BCUT2D eigenvalue weighted by Crippen LogP contribution is 2.31. The van der Waals surface area contributed by atoms with Gasteiger partial charge in [-0.2, -0.15) is 5.10 Å². The number of nitrogens with one attached hydrogen (secondary N) is 1. The number of urea groups is 1. The van der Waals surface area contributed by atoms with Crippen molar-refractivity contribution in [3.8, 4) is 11.1 Å². The Labute approximate surface area is 175 Å². The van der Waals surface area contributed by atoms with Crippen LogP contribution in [-0.4, -0.2) is 61.9 Å². The van der Waals surface area contributed by atoms with Crippen molar-refractivity contribution in [3.05, 3.63) is 35.9 Å². The number of carbonyl (C=O) groups excluding carboxylic acids is 2. The molecule has 30 heavy (non-hydrogen) atoms. The number of primary amides is 1. The number of likely N-dealkylation sites (tertiary alicyclic amines) is 1. The van der Waals surface area contributed by atoms with E-state index < -0.39 is 12.0 Å². The van der Waals surface area contributed by atoms with Crippen molar-refractivity contribution in [1.29, 1.82) is 0 Å². The van der Waals surface area contributed by atoms with Crippen LogP contribution in [0, 0.1) is 0 Å². The number of aryl methyl sites for hydroxylation is 1. The van der Waals surface area contributed by atoms with Crippen LogP contribution in [0.1, 0.15) is 54.1 Å². The number of carbonyl (C=O) groups is 2. The fraction of sp³-hybridized carbons (Fsp3) is 0.524. The summed E-state index contributed by atoms with van der Waals surface area (Å²) in [6, 6.07) is 1.39. The van der Waals surface area contributed by atoms with Gasteiger partial charge in [0.2, 0.25) is 0 Å². The van der Waals surface area contributed by atoms with Gasteiger partial charge in [-0.1, -0.05) is 12.8 Å². The molecule has 1 aliphatic heterocycles. The molecule has 1 aliphatic carbocycles. The molecule has 0 aromatic carbocycles. The van der Waals surface area contributed by atoms with Gasteiger partial charge in [-0.25, -0.2) is 4.79 Å². The first-order chi connectivity index (χ1) is 14.4. The molecule has 2 aromatic heterocycles. The van der Waals surface area contributed by atoms with E-state index in [1.807, 2.05) is 13.2 Å². The van der Waals surface area contributed by atoms with Crippen LogP contribution in [0.15, 0.2) is 24.7 Å². The molecule has 1 saturated heterocycles. The first-order valence-electron chi connectivity index (χ1n) is 10.4. The zero-order valence-electron chi connectivity index (χ0n) is 17.1. The average molecular weight is 412 g/mol. The van der Waals surface area contributed by atoms with E-state index in [0.717, 1.165) is 36.8 Å². The Kier molecular flexibility index (Phi) is 5.72. The number of aliphatic hydroxyl groups is 1. The topological polar surface area (TPSA) is 126 Å². The second-order valence-corrected chi connectivity index (χ2v) is 8.26. The molecule has 2 aliphatic rings. The Morgan fingerprint density at radius 3 is 2.70 bits per heavy atom. The van der Waals surface area contributed by atoms with Gasteiger partial charge >= 0.3 is 6.03 Å². The van der Waals surface area contributed by atoms with E-state index in [4.69, 9.17) is 5.73 Å². The number of rotatable bonds is 4. The molecule has 3 heterocycles. The molecule has 3 amide bonds. The van der Waals surface area contributed by atoms with Crippen molar-refractivity contribution in [2.45, 2.75) is 50.2 Å². The van der Waals surface area contributed by atoms with Gasteiger partial charge in [0.05, 0.1) is 29.6 Å². The van der Waals surface area contributed by atoms with E-state index in [2.05, 4.69) is 15.4 Å². The number of nitrogens with two attached hydrogens (primary N) is 1. The third-order valence-corrected chi connectivity index (χ3v) is 6.12. The SMILES string of the molecule is Cn1cc(-c2cnc([C@@H]3CCN(C(=O)N[C@@H]4CCCC[C@H]4O)C3)c(C(N)=O)c2)cn1. The largest absolute Gasteiger partial charge is 0.391 e. The molecule has 9 nitrogen and oxygen atoms in total. The van der Waals surface area contributed by atoms with E-state index in [1.54, 1.807) is 28.0 Å².